The van der Waals surface area contributed by atoms with Gasteiger partial charge in [-0.1, -0.05) is 72.8 Å². The summed E-state index contributed by atoms with van der Waals surface area (Å²) in [4.78, 5) is 15.5. The lowest BCUT2D eigenvalue weighted by Crippen LogP contribution is -2.30. The van der Waals surface area contributed by atoms with Gasteiger partial charge in [-0.25, -0.2) is 0 Å². The molecule has 28 heavy (non-hydrogen) atoms. The van der Waals surface area contributed by atoms with Crippen molar-refractivity contribution in [3.63, 3.8) is 0 Å². The van der Waals surface area contributed by atoms with Crippen molar-refractivity contribution in [2.45, 2.75) is 19.3 Å². The first-order valence-corrected chi connectivity index (χ1v) is 9.51. The second-order valence-electron chi connectivity index (χ2n) is 7.13. The minimum atomic E-state index is -0.353. The molecule has 0 saturated carbocycles. The van der Waals surface area contributed by atoms with Gasteiger partial charge in [-0.15, -0.1) is 0 Å². The Morgan fingerprint density at radius 2 is 1.25 bits per heavy atom. The third-order valence-electron chi connectivity index (χ3n) is 5.23. The Bertz CT molecular complexity index is 914. The number of rotatable bonds is 6. The van der Waals surface area contributed by atoms with Gasteiger partial charge in [0.2, 0.25) is 0 Å². The summed E-state index contributed by atoms with van der Waals surface area (Å²) < 4.78 is 0. The zero-order valence-corrected chi connectivity index (χ0v) is 15.6. The maximum Gasteiger partial charge on any atom is 0.269 e. The first-order chi connectivity index (χ1) is 13.7. The van der Waals surface area contributed by atoms with Gasteiger partial charge in [0.15, 0.2) is 0 Å². The molecule has 4 rings (SSSR count). The molecule has 1 aliphatic rings. The van der Waals surface area contributed by atoms with Crippen LogP contribution in [0.3, 0.4) is 0 Å². The van der Waals surface area contributed by atoms with Gasteiger partial charge in [0.25, 0.3) is 5.69 Å². The number of nitrogens with zero attached hydrogens (tertiary/aromatic N) is 3. The van der Waals surface area contributed by atoms with Crippen LogP contribution in [0.2, 0.25) is 0 Å². The van der Waals surface area contributed by atoms with Crippen molar-refractivity contribution >= 4 is 5.69 Å². The molecule has 1 heterocycles. The van der Waals surface area contributed by atoms with Gasteiger partial charge in [0, 0.05) is 38.3 Å². The Balaban J connectivity index is 1.56. The van der Waals surface area contributed by atoms with Crippen molar-refractivity contribution in [3.05, 3.63) is 112 Å². The number of nitro groups is 1. The maximum atomic E-state index is 10.9. The molecule has 1 saturated heterocycles. The topological polar surface area (TPSA) is 49.6 Å². The Hall–Kier alpha value is -3.02. The van der Waals surface area contributed by atoms with E-state index in [9.17, 15) is 10.1 Å². The van der Waals surface area contributed by atoms with E-state index >= 15 is 0 Å². The average molecular weight is 373 g/mol. The van der Waals surface area contributed by atoms with Crippen LogP contribution in [0.25, 0.3) is 0 Å². The highest BCUT2D eigenvalue weighted by molar-refractivity contribution is 5.33. The number of nitro benzene ring substituents is 1. The van der Waals surface area contributed by atoms with E-state index < -0.39 is 0 Å². The SMILES string of the molecule is O=[N+]([O-])c1ccc(CN2CCN(Cc3ccccc3)C2c2ccccc2)cc1. The van der Waals surface area contributed by atoms with Crippen molar-refractivity contribution < 1.29 is 4.92 Å². The second-order valence-corrected chi connectivity index (χ2v) is 7.13. The van der Waals surface area contributed by atoms with Gasteiger partial charge < -0.3 is 0 Å². The molecule has 0 amide bonds. The Labute approximate surface area is 165 Å². The zero-order valence-electron chi connectivity index (χ0n) is 15.6. The molecular formula is C23H23N3O2. The molecule has 0 radical (unpaired) electrons. The van der Waals surface area contributed by atoms with Crippen LogP contribution >= 0.6 is 0 Å². The Morgan fingerprint density at radius 3 is 1.79 bits per heavy atom. The lowest BCUT2D eigenvalue weighted by atomic mass is 10.1. The summed E-state index contributed by atoms with van der Waals surface area (Å²) in [6.07, 6.45) is 0.191. The summed E-state index contributed by atoms with van der Waals surface area (Å²) in [5.74, 6) is 0. The number of benzene rings is 3. The molecule has 0 bridgehead atoms. The minimum absolute atomic E-state index is 0.135. The predicted octanol–water partition coefficient (Wildman–Crippen LogP) is 4.61. The standard InChI is InChI=1S/C23H23N3O2/c27-26(28)22-13-11-20(12-14-22)18-25-16-15-24(17-19-7-3-1-4-8-19)23(25)21-9-5-2-6-10-21/h1-14,23H,15-18H2. The zero-order chi connectivity index (χ0) is 19.3. The molecular weight excluding hydrogens is 350 g/mol. The van der Waals surface area contributed by atoms with Gasteiger partial charge >= 0.3 is 0 Å². The molecule has 5 heteroatoms. The quantitative estimate of drug-likeness (QED) is 0.468. The van der Waals surface area contributed by atoms with Gasteiger partial charge in [0.05, 0.1) is 11.1 Å². The molecule has 0 aliphatic carbocycles. The van der Waals surface area contributed by atoms with E-state index in [2.05, 4.69) is 58.3 Å². The monoisotopic (exact) mass is 373 g/mol. The van der Waals surface area contributed by atoms with E-state index in [-0.39, 0.29) is 16.8 Å². The summed E-state index contributed by atoms with van der Waals surface area (Å²) in [6.45, 7) is 3.62. The average Bonchev–Trinajstić information content (AvgIpc) is 3.11. The normalized spacial score (nSPS) is 17.6. The molecule has 0 N–H and O–H groups in total. The molecule has 1 atom stereocenters. The predicted molar refractivity (Wildman–Crippen MR) is 110 cm³/mol. The lowest BCUT2D eigenvalue weighted by molar-refractivity contribution is -0.384. The van der Waals surface area contributed by atoms with E-state index in [1.165, 1.54) is 11.1 Å². The molecule has 5 nitrogen and oxygen atoms in total. The van der Waals surface area contributed by atoms with Crippen molar-refractivity contribution in [2.24, 2.45) is 0 Å². The van der Waals surface area contributed by atoms with Crippen LogP contribution in [0.5, 0.6) is 0 Å². The van der Waals surface area contributed by atoms with Crippen LogP contribution in [0.1, 0.15) is 22.9 Å². The van der Waals surface area contributed by atoms with Gasteiger partial charge in [-0.2, -0.15) is 0 Å². The summed E-state index contributed by atoms with van der Waals surface area (Å²) >= 11 is 0. The van der Waals surface area contributed by atoms with Crippen LogP contribution in [0.15, 0.2) is 84.9 Å². The van der Waals surface area contributed by atoms with E-state index in [0.717, 1.165) is 31.7 Å². The second kappa shape index (κ2) is 8.33. The fraction of sp³-hybridized carbons (Fsp3) is 0.217. The third-order valence-corrected chi connectivity index (χ3v) is 5.23. The first kappa shape index (κ1) is 18.3. The summed E-state index contributed by atoms with van der Waals surface area (Å²) in [5.41, 5.74) is 3.81. The highest BCUT2D eigenvalue weighted by Gasteiger charge is 2.33. The van der Waals surface area contributed by atoms with E-state index in [4.69, 9.17) is 0 Å². The Morgan fingerprint density at radius 1 is 0.750 bits per heavy atom. The van der Waals surface area contributed by atoms with Crippen LogP contribution in [-0.4, -0.2) is 27.8 Å². The van der Waals surface area contributed by atoms with Crippen molar-refractivity contribution in [2.75, 3.05) is 13.1 Å². The van der Waals surface area contributed by atoms with Gasteiger partial charge in [-0.3, -0.25) is 19.9 Å². The molecule has 1 unspecified atom stereocenters. The molecule has 1 aliphatic heterocycles. The number of hydrogen-bond acceptors (Lipinski definition) is 4. The van der Waals surface area contributed by atoms with Crippen molar-refractivity contribution in [3.8, 4) is 0 Å². The van der Waals surface area contributed by atoms with E-state index in [0.29, 0.717) is 0 Å². The Kier molecular flexibility index (Phi) is 5.46. The molecule has 0 spiro atoms. The summed E-state index contributed by atoms with van der Waals surface area (Å²) in [5, 5.41) is 10.9. The number of non-ortho nitro benzene ring substituents is 1. The fourth-order valence-corrected chi connectivity index (χ4v) is 3.89. The summed E-state index contributed by atoms with van der Waals surface area (Å²) in [7, 11) is 0. The summed E-state index contributed by atoms with van der Waals surface area (Å²) in [6, 6.07) is 28.0. The number of hydrogen-bond donors (Lipinski definition) is 0. The van der Waals surface area contributed by atoms with Crippen molar-refractivity contribution in [1.29, 1.82) is 0 Å². The van der Waals surface area contributed by atoms with Crippen LogP contribution < -0.4 is 0 Å². The largest absolute Gasteiger partial charge is 0.279 e. The molecule has 142 valence electrons. The highest BCUT2D eigenvalue weighted by atomic mass is 16.6. The van der Waals surface area contributed by atoms with Crippen LogP contribution in [0.4, 0.5) is 5.69 Å². The van der Waals surface area contributed by atoms with E-state index in [1.54, 1.807) is 12.1 Å². The van der Waals surface area contributed by atoms with Gasteiger partial charge in [-0.05, 0) is 16.7 Å². The maximum absolute atomic E-state index is 10.9. The first-order valence-electron chi connectivity index (χ1n) is 9.51. The molecule has 3 aromatic carbocycles. The highest BCUT2D eigenvalue weighted by Crippen LogP contribution is 2.32. The molecule has 3 aromatic rings. The van der Waals surface area contributed by atoms with Crippen LogP contribution in [-0.2, 0) is 13.1 Å². The van der Waals surface area contributed by atoms with Crippen LogP contribution in [0, 0.1) is 10.1 Å². The van der Waals surface area contributed by atoms with E-state index in [1.807, 2.05) is 24.3 Å². The van der Waals surface area contributed by atoms with Gasteiger partial charge in [0.1, 0.15) is 0 Å². The lowest BCUT2D eigenvalue weighted by Gasteiger charge is -2.31. The molecule has 1 fully saturated rings. The third kappa shape index (κ3) is 4.11. The molecule has 0 aromatic heterocycles. The smallest absolute Gasteiger partial charge is 0.269 e. The minimum Gasteiger partial charge on any atom is -0.279 e. The fourth-order valence-electron chi connectivity index (χ4n) is 3.89. The van der Waals surface area contributed by atoms with Crippen molar-refractivity contribution in [1.82, 2.24) is 9.80 Å².